The van der Waals surface area contributed by atoms with Crippen molar-refractivity contribution >= 4 is 0 Å². The minimum absolute atomic E-state index is 0.319. The van der Waals surface area contributed by atoms with E-state index in [2.05, 4.69) is 13.2 Å². The van der Waals surface area contributed by atoms with Gasteiger partial charge in [0.1, 0.15) is 23.7 Å². The highest BCUT2D eigenvalue weighted by molar-refractivity contribution is 5.28. The average molecular weight is 473 g/mol. The number of rotatable bonds is 10. The van der Waals surface area contributed by atoms with Crippen LogP contribution in [0.15, 0.2) is 73.8 Å². The zero-order chi connectivity index (χ0) is 25.0. The maximum absolute atomic E-state index is 9.01. The predicted molar refractivity (Wildman–Crippen MR) is 136 cm³/mol. The molecule has 2 aliphatic heterocycles. The van der Waals surface area contributed by atoms with Crippen molar-refractivity contribution in [2.24, 2.45) is 0 Å². The van der Waals surface area contributed by atoms with Crippen LogP contribution in [0.5, 0.6) is 11.5 Å². The molecule has 0 radical (unpaired) electrons. The molecule has 0 aliphatic carbocycles. The van der Waals surface area contributed by atoms with E-state index in [1.165, 1.54) is 0 Å². The topological polar surface area (TPSA) is 84.0 Å². The number of phenols is 2. The monoisotopic (exact) mass is 472 g/mol. The molecule has 2 saturated heterocycles. The van der Waals surface area contributed by atoms with E-state index in [4.69, 9.17) is 29.2 Å². The van der Waals surface area contributed by atoms with Crippen LogP contribution in [0.4, 0.5) is 0 Å². The van der Waals surface area contributed by atoms with E-state index in [-0.39, 0.29) is 0 Å². The maximum atomic E-state index is 9.01. The van der Waals surface area contributed by atoms with E-state index in [1.807, 2.05) is 50.3 Å². The van der Waals surface area contributed by atoms with Crippen LogP contribution in [0, 0.1) is 0 Å². The molecule has 188 valence electrons. The summed E-state index contributed by atoms with van der Waals surface area (Å²) >= 11 is 0. The van der Waals surface area contributed by atoms with Gasteiger partial charge < -0.3 is 29.2 Å². The first-order valence-corrected chi connectivity index (χ1v) is 11.7. The van der Waals surface area contributed by atoms with Crippen LogP contribution in [0.1, 0.15) is 25.0 Å². The number of allylic oxidation sites excluding steroid dienone is 2. The fourth-order valence-corrected chi connectivity index (χ4v) is 2.56. The van der Waals surface area contributed by atoms with Crippen LogP contribution in [-0.2, 0) is 31.8 Å². The van der Waals surface area contributed by atoms with Crippen LogP contribution in [0.2, 0.25) is 0 Å². The summed E-state index contributed by atoms with van der Waals surface area (Å²) in [6.45, 7) is 16.1. The molecule has 0 amide bonds. The third-order valence-electron chi connectivity index (χ3n) is 4.40. The fraction of sp³-hybridized carbons (Fsp3) is 0.429. The molecule has 0 aromatic heterocycles. The van der Waals surface area contributed by atoms with Crippen molar-refractivity contribution in [3.8, 4) is 11.5 Å². The second-order valence-corrected chi connectivity index (χ2v) is 7.56. The molecule has 2 aromatic carbocycles. The molecule has 4 rings (SSSR count). The van der Waals surface area contributed by atoms with Crippen LogP contribution in [-0.4, -0.2) is 62.1 Å². The Morgan fingerprint density at radius 3 is 1.47 bits per heavy atom. The van der Waals surface area contributed by atoms with E-state index in [0.717, 1.165) is 63.6 Å². The summed E-state index contributed by atoms with van der Waals surface area (Å²) in [5.74, 6) is 0.638. The number of hydrogen-bond acceptors (Lipinski definition) is 6. The average Bonchev–Trinajstić information content (AvgIpc) is 3.73. The predicted octanol–water partition coefficient (Wildman–Crippen LogP) is 5.08. The van der Waals surface area contributed by atoms with E-state index in [9.17, 15) is 0 Å². The number of ether oxygens (including phenoxy) is 4. The molecule has 0 saturated carbocycles. The Morgan fingerprint density at radius 2 is 1.21 bits per heavy atom. The molecule has 34 heavy (non-hydrogen) atoms. The summed E-state index contributed by atoms with van der Waals surface area (Å²) in [4.78, 5) is 0. The zero-order valence-corrected chi connectivity index (χ0v) is 20.5. The molecule has 2 unspecified atom stereocenters. The standard InChI is InChI=1S/2C9H10O.C6H10O3.C4H10O/c2*1-2-4-8-5-3-6-9(10)7-8;1(5-3-8-5)7-2-6-4-9-6;1-3-5-4-2/h2*2-3,5-7,10H,1,4H2;5-6H,1-4H2;3-4H2,1-2H3. The molecule has 6 heteroatoms. The fourth-order valence-electron chi connectivity index (χ4n) is 2.56. The Bertz CT molecular complexity index is 733. The Morgan fingerprint density at radius 1 is 0.794 bits per heavy atom. The van der Waals surface area contributed by atoms with E-state index >= 15 is 0 Å². The summed E-state index contributed by atoms with van der Waals surface area (Å²) in [5.41, 5.74) is 2.19. The number of hydrogen-bond donors (Lipinski definition) is 2. The molecule has 2 heterocycles. The van der Waals surface area contributed by atoms with Gasteiger partial charge >= 0.3 is 0 Å². The van der Waals surface area contributed by atoms with Crippen LogP contribution in [0.25, 0.3) is 0 Å². The van der Waals surface area contributed by atoms with Crippen molar-refractivity contribution in [1.82, 2.24) is 0 Å². The smallest absolute Gasteiger partial charge is 0.115 e. The van der Waals surface area contributed by atoms with Gasteiger partial charge in [-0.3, -0.25) is 0 Å². The first kappa shape index (κ1) is 29.4. The second-order valence-electron chi connectivity index (χ2n) is 7.56. The summed E-state index contributed by atoms with van der Waals surface area (Å²) in [7, 11) is 0. The molecule has 0 spiro atoms. The number of benzene rings is 2. The largest absolute Gasteiger partial charge is 0.508 e. The normalized spacial score (nSPS) is 16.9. The van der Waals surface area contributed by atoms with Gasteiger partial charge in [0.2, 0.25) is 0 Å². The Balaban J connectivity index is 0.000000233. The van der Waals surface area contributed by atoms with Gasteiger partial charge in [0, 0.05) is 13.2 Å². The highest BCUT2D eigenvalue weighted by atomic mass is 16.6. The number of phenolic OH excluding ortho intramolecular Hbond substituents is 2. The quantitative estimate of drug-likeness (QED) is 0.370. The molecule has 6 nitrogen and oxygen atoms in total. The number of aromatic hydroxyl groups is 2. The number of epoxide rings is 2. The summed E-state index contributed by atoms with van der Waals surface area (Å²) in [6, 6.07) is 14.4. The summed E-state index contributed by atoms with van der Waals surface area (Å²) in [6.07, 6.45) is 6.04. The highest BCUT2D eigenvalue weighted by Crippen LogP contribution is 2.13. The van der Waals surface area contributed by atoms with Crippen molar-refractivity contribution in [3.05, 3.63) is 85.0 Å². The highest BCUT2D eigenvalue weighted by Gasteiger charge is 2.26. The van der Waals surface area contributed by atoms with Crippen molar-refractivity contribution in [3.63, 3.8) is 0 Å². The molecular weight excluding hydrogens is 432 g/mol. The van der Waals surface area contributed by atoms with Gasteiger partial charge in [0.05, 0.1) is 26.4 Å². The van der Waals surface area contributed by atoms with Crippen LogP contribution in [0.3, 0.4) is 0 Å². The summed E-state index contributed by atoms with van der Waals surface area (Å²) in [5, 5.41) is 18.0. The van der Waals surface area contributed by atoms with Gasteiger partial charge in [-0.15, -0.1) is 13.2 Å². The molecule has 2 N–H and O–H groups in total. The molecule has 2 atom stereocenters. The van der Waals surface area contributed by atoms with Gasteiger partial charge in [-0.1, -0.05) is 36.4 Å². The Kier molecular flexibility index (Phi) is 16.2. The van der Waals surface area contributed by atoms with Crippen LogP contribution < -0.4 is 0 Å². The SMILES string of the molecule is C(OCC1CO1)C1CO1.C=CCc1cccc(O)c1.C=CCc1cccc(O)c1.CCOCC. The van der Waals surface area contributed by atoms with E-state index in [0.29, 0.717) is 23.7 Å². The Hall–Kier alpha value is -2.64. The first-order chi connectivity index (χ1) is 16.5. The van der Waals surface area contributed by atoms with Crippen molar-refractivity contribution in [2.45, 2.75) is 38.9 Å². The zero-order valence-electron chi connectivity index (χ0n) is 20.5. The lowest BCUT2D eigenvalue weighted by molar-refractivity contribution is 0.102. The van der Waals surface area contributed by atoms with E-state index in [1.54, 1.807) is 24.3 Å². The maximum Gasteiger partial charge on any atom is 0.115 e. The van der Waals surface area contributed by atoms with Crippen molar-refractivity contribution < 1.29 is 29.2 Å². The minimum atomic E-state index is 0.319. The third kappa shape index (κ3) is 16.9. The molecule has 2 aliphatic rings. The first-order valence-electron chi connectivity index (χ1n) is 11.7. The molecular formula is C28H40O6. The lowest BCUT2D eigenvalue weighted by atomic mass is 10.1. The van der Waals surface area contributed by atoms with Crippen LogP contribution >= 0.6 is 0 Å². The lowest BCUT2D eigenvalue weighted by Crippen LogP contribution is -2.06. The van der Waals surface area contributed by atoms with Gasteiger partial charge in [-0.2, -0.15) is 0 Å². The van der Waals surface area contributed by atoms with Gasteiger partial charge in [-0.05, 0) is 62.1 Å². The Labute approximate surface area is 204 Å². The second kappa shape index (κ2) is 18.7. The van der Waals surface area contributed by atoms with Gasteiger partial charge in [0.25, 0.3) is 0 Å². The third-order valence-corrected chi connectivity index (χ3v) is 4.40. The van der Waals surface area contributed by atoms with Gasteiger partial charge in [-0.25, -0.2) is 0 Å². The minimum Gasteiger partial charge on any atom is -0.508 e. The van der Waals surface area contributed by atoms with Crippen molar-refractivity contribution in [1.29, 1.82) is 0 Å². The molecule has 2 fully saturated rings. The molecule has 0 bridgehead atoms. The van der Waals surface area contributed by atoms with E-state index < -0.39 is 0 Å². The molecule has 2 aromatic rings. The lowest BCUT2D eigenvalue weighted by Gasteiger charge is -1.95. The summed E-state index contributed by atoms with van der Waals surface area (Å²) < 4.78 is 20.0. The van der Waals surface area contributed by atoms with Crippen molar-refractivity contribution in [2.75, 3.05) is 39.6 Å². The van der Waals surface area contributed by atoms with Gasteiger partial charge in [0.15, 0.2) is 0 Å².